The first-order valence-electron chi connectivity index (χ1n) is 10.3. The van der Waals surface area contributed by atoms with Crippen molar-refractivity contribution in [3.8, 4) is 5.75 Å². The van der Waals surface area contributed by atoms with Crippen molar-refractivity contribution < 1.29 is 19.0 Å². The lowest BCUT2D eigenvalue weighted by Gasteiger charge is -2.37. The summed E-state index contributed by atoms with van der Waals surface area (Å²) in [7, 11) is 3.37. The lowest BCUT2D eigenvalue weighted by molar-refractivity contribution is -0.148. The lowest BCUT2D eigenvalue weighted by atomic mass is 9.87. The molecule has 0 saturated carbocycles. The quantitative estimate of drug-likeness (QED) is 0.372. The molecule has 0 unspecified atom stereocenters. The second kappa shape index (κ2) is 10.1. The molecular formula is C23H36N2O4. The van der Waals surface area contributed by atoms with E-state index in [1.54, 1.807) is 14.2 Å². The molecule has 6 heteroatoms. The van der Waals surface area contributed by atoms with Crippen molar-refractivity contribution in [2.45, 2.75) is 65.6 Å². The SMILES string of the molecule is COC[C@@H](N=CN1CCc2cc(OC)ccc2[C@@H]1CC(=O)OC(C)C)C(C)(C)C. The van der Waals surface area contributed by atoms with Crippen LogP contribution in [0, 0.1) is 5.41 Å². The number of nitrogens with zero attached hydrogens (tertiary/aromatic N) is 2. The Hall–Kier alpha value is -2.08. The van der Waals surface area contributed by atoms with E-state index in [-0.39, 0.29) is 36.0 Å². The van der Waals surface area contributed by atoms with Crippen molar-refractivity contribution >= 4 is 12.3 Å². The van der Waals surface area contributed by atoms with Crippen LogP contribution >= 0.6 is 0 Å². The first-order valence-corrected chi connectivity index (χ1v) is 10.3. The maximum Gasteiger partial charge on any atom is 0.308 e. The summed E-state index contributed by atoms with van der Waals surface area (Å²) in [5.41, 5.74) is 2.32. The van der Waals surface area contributed by atoms with E-state index >= 15 is 0 Å². The number of fused-ring (bicyclic) bond motifs is 1. The van der Waals surface area contributed by atoms with Crippen molar-refractivity contribution in [1.82, 2.24) is 4.90 Å². The van der Waals surface area contributed by atoms with E-state index in [2.05, 4.69) is 37.8 Å². The number of rotatable bonds is 8. The molecule has 0 aliphatic carbocycles. The monoisotopic (exact) mass is 404 g/mol. The second-order valence-electron chi connectivity index (χ2n) is 8.91. The molecule has 2 rings (SSSR count). The van der Waals surface area contributed by atoms with Crippen LogP contribution in [-0.4, -0.2) is 56.7 Å². The first kappa shape index (κ1) is 23.2. The van der Waals surface area contributed by atoms with Crippen LogP contribution in [0.25, 0.3) is 0 Å². The molecule has 0 amide bonds. The Bertz CT molecular complexity index is 709. The van der Waals surface area contributed by atoms with E-state index in [1.165, 1.54) is 5.56 Å². The van der Waals surface area contributed by atoms with Gasteiger partial charge in [0.05, 0.1) is 44.7 Å². The highest BCUT2D eigenvalue weighted by atomic mass is 16.5. The van der Waals surface area contributed by atoms with Gasteiger partial charge in [-0.2, -0.15) is 0 Å². The molecular weight excluding hydrogens is 368 g/mol. The predicted octanol–water partition coefficient (Wildman–Crippen LogP) is 4.03. The van der Waals surface area contributed by atoms with Gasteiger partial charge in [-0.15, -0.1) is 0 Å². The average Bonchev–Trinajstić information content (AvgIpc) is 2.64. The Kier molecular flexibility index (Phi) is 8.08. The van der Waals surface area contributed by atoms with Gasteiger partial charge < -0.3 is 19.1 Å². The highest BCUT2D eigenvalue weighted by Crippen LogP contribution is 2.34. The molecule has 1 aromatic carbocycles. The number of hydrogen-bond acceptors (Lipinski definition) is 5. The summed E-state index contributed by atoms with van der Waals surface area (Å²) in [6, 6.07) is 5.99. The molecule has 2 atom stereocenters. The molecule has 0 radical (unpaired) electrons. The summed E-state index contributed by atoms with van der Waals surface area (Å²) in [5.74, 6) is 0.638. The van der Waals surface area contributed by atoms with E-state index in [0.717, 1.165) is 24.3 Å². The third-order valence-electron chi connectivity index (χ3n) is 5.20. The summed E-state index contributed by atoms with van der Waals surface area (Å²) in [6.45, 7) is 11.6. The third-order valence-corrected chi connectivity index (χ3v) is 5.20. The molecule has 0 saturated heterocycles. The zero-order chi connectivity index (χ0) is 21.6. The van der Waals surface area contributed by atoms with Crippen molar-refractivity contribution in [2.75, 3.05) is 27.4 Å². The number of carbonyl (C=O) groups excluding carboxylic acids is 1. The minimum absolute atomic E-state index is 0.0142. The Balaban J connectivity index is 2.31. The number of ether oxygens (including phenoxy) is 3. The zero-order valence-electron chi connectivity index (χ0n) is 18.9. The normalized spacial score (nSPS) is 18.1. The second-order valence-corrected chi connectivity index (χ2v) is 8.91. The van der Waals surface area contributed by atoms with Gasteiger partial charge in [0.1, 0.15) is 5.75 Å². The number of esters is 1. The van der Waals surface area contributed by atoms with Crippen molar-refractivity contribution in [3.05, 3.63) is 29.3 Å². The molecule has 0 N–H and O–H groups in total. The molecule has 1 heterocycles. The van der Waals surface area contributed by atoms with Crippen LogP contribution in [0.15, 0.2) is 23.2 Å². The fourth-order valence-corrected chi connectivity index (χ4v) is 3.51. The van der Waals surface area contributed by atoms with Crippen molar-refractivity contribution in [3.63, 3.8) is 0 Å². The maximum absolute atomic E-state index is 12.5. The predicted molar refractivity (Wildman–Crippen MR) is 116 cm³/mol. The molecule has 0 bridgehead atoms. The van der Waals surface area contributed by atoms with Gasteiger partial charge in [-0.25, -0.2) is 0 Å². The largest absolute Gasteiger partial charge is 0.497 e. The maximum atomic E-state index is 12.5. The van der Waals surface area contributed by atoms with Gasteiger partial charge in [-0.3, -0.25) is 9.79 Å². The molecule has 0 fully saturated rings. The summed E-state index contributed by atoms with van der Waals surface area (Å²) >= 11 is 0. The summed E-state index contributed by atoms with van der Waals surface area (Å²) in [5, 5.41) is 0. The molecule has 0 aromatic heterocycles. The minimum atomic E-state index is -0.198. The molecule has 29 heavy (non-hydrogen) atoms. The van der Waals surface area contributed by atoms with Crippen LogP contribution in [0.3, 0.4) is 0 Å². The fourth-order valence-electron chi connectivity index (χ4n) is 3.51. The van der Waals surface area contributed by atoms with Gasteiger partial charge in [-0.05, 0) is 48.9 Å². The number of hydrogen-bond donors (Lipinski definition) is 0. The average molecular weight is 405 g/mol. The molecule has 1 aromatic rings. The van der Waals surface area contributed by atoms with Crippen molar-refractivity contribution in [2.24, 2.45) is 10.4 Å². The molecule has 6 nitrogen and oxygen atoms in total. The number of carbonyl (C=O) groups is 1. The smallest absolute Gasteiger partial charge is 0.308 e. The summed E-state index contributed by atoms with van der Waals surface area (Å²) < 4.78 is 16.2. The van der Waals surface area contributed by atoms with Gasteiger partial charge in [-0.1, -0.05) is 26.8 Å². The molecule has 1 aliphatic rings. The first-order chi connectivity index (χ1) is 13.7. The Morgan fingerprint density at radius 1 is 1.31 bits per heavy atom. The Morgan fingerprint density at radius 2 is 2.03 bits per heavy atom. The van der Waals surface area contributed by atoms with Crippen LogP contribution in [0.4, 0.5) is 0 Å². The molecule has 162 valence electrons. The van der Waals surface area contributed by atoms with Gasteiger partial charge >= 0.3 is 5.97 Å². The van der Waals surface area contributed by atoms with Crippen LogP contribution in [0.1, 0.15) is 58.2 Å². The van der Waals surface area contributed by atoms with Gasteiger partial charge in [0.25, 0.3) is 0 Å². The number of methoxy groups -OCH3 is 2. The van der Waals surface area contributed by atoms with E-state index in [4.69, 9.17) is 19.2 Å². The van der Waals surface area contributed by atoms with Crippen LogP contribution in [-0.2, 0) is 20.7 Å². The fraction of sp³-hybridized carbons (Fsp3) is 0.652. The van der Waals surface area contributed by atoms with Gasteiger partial charge in [0.2, 0.25) is 0 Å². The Morgan fingerprint density at radius 3 is 2.62 bits per heavy atom. The van der Waals surface area contributed by atoms with Crippen LogP contribution in [0.2, 0.25) is 0 Å². The highest BCUT2D eigenvalue weighted by Gasteiger charge is 2.30. The summed E-state index contributed by atoms with van der Waals surface area (Å²) in [4.78, 5) is 19.5. The van der Waals surface area contributed by atoms with E-state index < -0.39 is 0 Å². The number of benzene rings is 1. The standard InChI is InChI=1S/C23H36N2O4/c1-16(2)29-22(26)13-20-19-9-8-18(28-7)12-17(19)10-11-25(20)15-24-21(14-27-6)23(3,4)5/h8-9,12,15-16,20-21H,10-11,13-14H2,1-7H3/t20-,21+/m0/s1. The van der Waals surface area contributed by atoms with Gasteiger partial charge in [0, 0.05) is 13.7 Å². The summed E-state index contributed by atoms with van der Waals surface area (Å²) in [6.07, 6.45) is 2.93. The lowest BCUT2D eigenvalue weighted by Crippen LogP contribution is -2.38. The zero-order valence-corrected chi connectivity index (χ0v) is 18.9. The molecule has 0 spiro atoms. The van der Waals surface area contributed by atoms with Crippen LogP contribution in [0.5, 0.6) is 5.75 Å². The third kappa shape index (κ3) is 6.46. The topological polar surface area (TPSA) is 60.4 Å². The van der Waals surface area contributed by atoms with Crippen molar-refractivity contribution in [1.29, 1.82) is 0 Å². The number of aliphatic imine (C=N–C) groups is 1. The minimum Gasteiger partial charge on any atom is -0.497 e. The van der Waals surface area contributed by atoms with E-state index in [9.17, 15) is 4.79 Å². The van der Waals surface area contributed by atoms with E-state index in [1.807, 2.05) is 26.3 Å². The van der Waals surface area contributed by atoms with Gasteiger partial charge in [0.15, 0.2) is 0 Å². The highest BCUT2D eigenvalue weighted by molar-refractivity contribution is 5.72. The molecule has 1 aliphatic heterocycles. The Labute approximate surface area is 175 Å². The van der Waals surface area contributed by atoms with Crippen LogP contribution < -0.4 is 4.74 Å². The van der Waals surface area contributed by atoms with E-state index in [0.29, 0.717) is 6.61 Å².